The summed E-state index contributed by atoms with van der Waals surface area (Å²) >= 11 is 3.32. The van der Waals surface area contributed by atoms with Gasteiger partial charge in [-0.3, -0.25) is 9.69 Å². The van der Waals surface area contributed by atoms with E-state index in [1.165, 1.54) is 17.5 Å². The van der Waals surface area contributed by atoms with Gasteiger partial charge in [0.05, 0.1) is 11.9 Å². The monoisotopic (exact) mass is 338 g/mol. The molecule has 108 valence electrons. The molecular formula is C14H19BrN4O. The lowest BCUT2D eigenvalue weighted by Crippen LogP contribution is -2.36. The number of nitrogens with zero attached hydrogens (tertiary/aromatic N) is 3. The molecule has 5 nitrogen and oxygen atoms in total. The van der Waals surface area contributed by atoms with Crippen LogP contribution in [0.25, 0.3) is 0 Å². The van der Waals surface area contributed by atoms with Crippen molar-refractivity contribution in [1.82, 2.24) is 14.7 Å². The summed E-state index contributed by atoms with van der Waals surface area (Å²) in [6.07, 6.45) is 9.39. The molecule has 1 saturated heterocycles. The van der Waals surface area contributed by atoms with Crippen LogP contribution in [0.3, 0.4) is 0 Å². The molecule has 0 saturated carbocycles. The first-order chi connectivity index (χ1) is 9.63. The minimum atomic E-state index is -0.207. The fraction of sp³-hybridized carbons (Fsp3) is 0.571. The Morgan fingerprint density at radius 2 is 2.25 bits per heavy atom. The Balaban J connectivity index is 2.01. The standard InChI is InChI=1S/C14H19BrN4O/c1-3-6-19-14(20)13(15)12(10-17-19)16-9-11(2)18-7-4-5-8-18/h1,10-11,16H,4-9H2,2H3. The number of terminal acetylenes is 1. The molecule has 1 N–H and O–H groups in total. The van der Waals surface area contributed by atoms with Crippen molar-refractivity contribution in [3.05, 3.63) is 21.0 Å². The zero-order valence-corrected chi connectivity index (χ0v) is 13.2. The molecule has 20 heavy (non-hydrogen) atoms. The minimum Gasteiger partial charge on any atom is -0.381 e. The Bertz CT molecular complexity index is 557. The van der Waals surface area contributed by atoms with Crippen LogP contribution in [0.4, 0.5) is 5.69 Å². The average molecular weight is 339 g/mol. The molecule has 2 rings (SSSR count). The van der Waals surface area contributed by atoms with E-state index in [9.17, 15) is 4.79 Å². The van der Waals surface area contributed by atoms with E-state index in [1.54, 1.807) is 6.20 Å². The van der Waals surface area contributed by atoms with Crippen LogP contribution in [0, 0.1) is 12.3 Å². The van der Waals surface area contributed by atoms with E-state index in [1.807, 2.05) is 0 Å². The maximum atomic E-state index is 12.0. The van der Waals surface area contributed by atoms with Gasteiger partial charge in [0.1, 0.15) is 11.0 Å². The zero-order valence-electron chi connectivity index (χ0n) is 11.6. The minimum absolute atomic E-state index is 0.182. The Labute approximate surface area is 127 Å². The third-order valence-electron chi connectivity index (χ3n) is 3.58. The molecule has 1 aromatic rings. The molecule has 6 heteroatoms. The Morgan fingerprint density at radius 1 is 1.55 bits per heavy atom. The van der Waals surface area contributed by atoms with Gasteiger partial charge in [-0.15, -0.1) is 6.42 Å². The van der Waals surface area contributed by atoms with Crippen LogP contribution in [0.5, 0.6) is 0 Å². The van der Waals surface area contributed by atoms with Crippen LogP contribution >= 0.6 is 15.9 Å². The van der Waals surface area contributed by atoms with Gasteiger partial charge in [-0.1, -0.05) is 5.92 Å². The number of likely N-dealkylation sites (tertiary alicyclic amines) is 1. The van der Waals surface area contributed by atoms with Gasteiger partial charge in [0.25, 0.3) is 5.56 Å². The number of hydrogen-bond acceptors (Lipinski definition) is 4. The summed E-state index contributed by atoms with van der Waals surface area (Å²) in [4.78, 5) is 14.4. The van der Waals surface area contributed by atoms with Crippen LogP contribution in [0.2, 0.25) is 0 Å². The van der Waals surface area contributed by atoms with E-state index >= 15 is 0 Å². The third kappa shape index (κ3) is 3.41. The van der Waals surface area contributed by atoms with Gasteiger partial charge >= 0.3 is 0 Å². The Hall–Kier alpha value is -1.32. The molecule has 0 spiro atoms. The number of hydrogen-bond donors (Lipinski definition) is 1. The Morgan fingerprint density at radius 3 is 2.90 bits per heavy atom. The highest BCUT2D eigenvalue weighted by atomic mass is 79.9. The van der Waals surface area contributed by atoms with Gasteiger partial charge in [0, 0.05) is 12.6 Å². The number of aromatic nitrogens is 2. The topological polar surface area (TPSA) is 50.2 Å². The van der Waals surface area contributed by atoms with Crippen LogP contribution < -0.4 is 10.9 Å². The summed E-state index contributed by atoms with van der Waals surface area (Å²) in [6, 6.07) is 0.442. The second kappa shape index (κ2) is 6.91. The molecule has 1 unspecified atom stereocenters. The molecule has 0 aliphatic carbocycles. The molecule has 0 amide bonds. The molecule has 1 atom stereocenters. The molecule has 0 bridgehead atoms. The number of rotatable bonds is 5. The van der Waals surface area contributed by atoms with Gasteiger partial charge in [-0.05, 0) is 48.8 Å². The van der Waals surface area contributed by atoms with Crippen molar-refractivity contribution in [1.29, 1.82) is 0 Å². The molecule has 0 radical (unpaired) electrons. The normalized spacial score (nSPS) is 16.9. The fourth-order valence-electron chi connectivity index (χ4n) is 2.36. The predicted octanol–water partition coefficient (Wildman–Crippen LogP) is 1.54. The summed E-state index contributed by atoms with van der Waals surface area (Å²) in [5.41, 5.74) is 0.510. The third-order valence-corrected chi connectivity index (χ3v) is 4.34. The number of halogens is 1. The summed E-state index contributed by atoms with van der Waals surface area (Å²) < 4.78 is 1.75. The summed E-state index contributed by atoms with van der Waals surface area (Å²) in [7, 11) is 0. The van der Waals surface area contributed by atoms with Crippen LogP contribution in [0.1, 0.15) is 19.8 Å². The zero-order chi connectivity index (χ0) is 14.5. The maximum absolute atomic E-state index is 12.0. The highest BCUT2D eigenvalue weighted by Crippen LogP contribution is 2.17. The van der Waals surface area contributed by atoms with Crippen molar-refractivity contribution in [3.63, 3.8) is 0 Å². The molecule has 2 heterocycles. The summed E-state index contributed by atoms with van der Waals surface area (Å²) in [6.45, 7) is 5.48. The molecule has 1 aromatic heterocycles. The van der Waals surface area contributed by atoms with E-state index in [0.29, 0.717) is 16.2 Å². The van der Waals surface area contributed by atoms with Crippen LogP contribution in [0.15, 0.2) is 15.5 Å². The molecule has 0 aromatic carbocycles. The largest absolute Gasteiger partial charge is 0.381 e. The van der Waals surface area contributed by atoms with Crippen molar-refractivity contribution < 1.29 is 0 Å². The first kappa shape index (κ1) is 15.1. The van der Waals surface area contributed by atoms with Gasteiger partial charge < -0.3 is 5.32 Å². The van der Waals surface area contributed by atoms with Crippen LogP contribution in [-0.4, -0.2) is 40.4 Å². The lowest BCUT2D eigenvalue weighted by Gasteiger charge is -2.24. The van der Waals surface area contributed by atoms with Gasteiger partial charge in [-0.2, -0.15) is 5.10 Å². The second-order valence-corrected chi connectivity index (χ2v) is 5.81. The average Bonchev–Trinajstić information content (AvgIpc) is 2.97. The smallest absolute Gasteiger partial charge is 0.284 e. The van der Waals surface area contributed by atoms with Gasteiger partial charge in [-0.25, -0.2) is 4.68 Å². The van der Waals surface area contributed by atoms with Gasteiger partial charge in [0.2, 0.25) is 0 Å². The first-order valence-electron chi connectivity index (χ1n) is 6.80. The lowest BCUT2D eigenvalue weighted by molar-refractivity contribution is 0.269. The van der Waals surface area contributed by atoms with Crippen molar-refractivity contribution in [3.8, 4) is 12.3 Å². The highest BCUT2D eigenvalue weighted by molar-refractivity contribution is 9.10. The first-order valence-corrected chi connectivity index (χ1v) is 7.59. The molecular weight excluding hydrogens is 320 g/mol. The number of anilines is 1. The molecule has 1 aliphatic heterocycles. The van der Waals surface area contributed by atoms with E-state index in [0.717, 1.165) is 19.6 Å². The summed E-state index contributed by atoms with van der Waals surface area (Å²) in [5.74, 6) is 2.41. The molecule has 1 aliphatic rings. The van der Waals surface area contributed by atoms with E-state index in [4.69, 9.17) is 6.42 Å². The lowest BCUT2D eigenvalue weighted by atomic mass is 10.3. The fourth-order valence-corrected chi connectivity index (χ4v) is 2.80. The van der Waals surface area contributed by atoms with Crippen molar-refractivity contribution in [2.45, 2.75) is 32.4 Å². The van der Waals surface area contributed by atoms with Crippen molar-refractivity contribution in [2.75, 3.05) is 25.0 Å². The van der Waals surface area contributed by atoms with Crippen molar-refractivity contribution in [2.24, 2.45) is 0 Å². The van der Waals surface area contributed by atoms with E-state index < -0.39 is 0 Å². The maximum Gasteiger partial charge on any atom is 0.284 e. The van der Waals surface area contributed by atoms with Crippen LogP contribution in [-0.2, 0) is 6.54 Å². The molecule has 1 fully saturated rings. The van der Waals surface area contributed by atoms with Crippen molar-refractivity contribution >= 4 is 21.6 Å². The SMILES string of the molecule is C#CCn1ncc(NCC(C)N2CCCC2)c(Br)c1=O. The highest BCUT2D eigenvalue weighted by Gasteiger charge is 2.18. The number of nitrogens with one attached hydrogen (secondary N) is 1. The van der Waals surface area contributed by atoms with E-state index in [-0.39, 0.29) is 12.1 Å². The predicted molar refractivity (Wildman–Crippen MR) is 83.8 cm³/mol. The van der Waals surface area contributed by atoms with Gasteiger partial charge in [0.15, 0.2) is 0 Å². The second-order valence-electron chi connectivity index (χ2n) is 5.01. The van der Waals surface area contributed by atoms with E-state index in [2.05, 4.69) is 44.1 Å². The quantitative estimate of drug-likeness (QED) is 0.827. The Kier molecular flexibility index (Phi) is 5.21. The summed E-state index contributed by atoms with van der Waals surface area (Å²) in [5, 5.41) is 7.34.